The van der Waals surface area contributed by atoms with Gasteiger partial charge >= 0.3 is 0 Å². The monoisotopic (exact) mass is 227 g/mol. The predicted molar refractivity (Wildman–Crippen MR) is 56.9 cm³/mol. The molecule has 0 bridgehead atoms. The van der Waals surface area contributed by atoms with E-state index in [4.69, 9.17) is 11.5 Å². The number of carbonyl (C=O) groups excluding carboxylic acids is 3. The molecule has 1 rings (SSSR count). The molecule has 0 atom stereocenters. The van der Waals surface area contributed by atoms with Gasteiger partial charge in [-0.25, -0.2) is 0 Å². The van der Waals surface area contributed by atoms with Crippen LogP contribution < -0.4 is 16.8 Å². The van der Waals surface area contributed by atoms with Gasteiger partial charge in [0, 0.05) is 6.42 Å². The molecule has 0 aliphatic heterocycles. The molecule has 90 valence electrons. The molecule has 3 amide bonds. The SMILES string of the molecule is NC(=O)C(NC(=O)CC1CCCC1)C(N)=O. The Labute approximate surface area is 93.7 Å². The van der Waals surface area contributed by atoms with E-state index in [-0.39, 0.29) is 5.91 Å². The summed E-state index contributed by atoms with van der Waals surface area (Å²) in [5, 5.41) is 2.25. The van der Waals surface area contributed by atoms with Crippen molar-refractivity contribution < 1.29 is 14.4 Å². The summed E-state index contributed by atoms with van der Waals surface area (Å²) >= 11 is 0. The van der Waals surface area contributed by atoms with Crippen LogP contribution in [0, 0.1) is 5.92 Å². The summed E-state index contributed by atoms with van der Waals surface area (Å²) in [7, 11) is 0. The lowest BCUT2D eigenvalue weighted by atomic mass is 10.0. The van der Waals surface area contributed by atoms with Crippen molar-refractivity contribution in [2.24, 2.45) is 17.4 Å². The van der Waals surface area contributed by atoms with Crippen LogP contribution in [-0.2, 0) is 14.4 Å². The fourth-order valence-electron chi connectivity index (χ4n) is 1.98. The third kappa shape index (κ3) is 3.52. The van der Waals surface area contributed by atoms with E-state index < -0.39 is 17.9 Å². The Morgan fingerprint density at radius 3 is 2.06 bits per heavy atom. The molecule has 0 spiro atoms. The van der Waals surface area contributed by atoms with E-state index >= 15 is 0 Å². The Balaban J connectivity index is 2.41. The first-order valence-electron chi connectivity index (χ1n) is 5.38. The maximum absolute atomic E-state index is 11.5. The first-order chi connectivity index (χ1) is 7.50. The second kappa shape index (κ2) is 5.48. The summed E-state index contributed by atoms with van der Waals surface area (Å²) < 4.78 is 0. The van der Waals surface area contributed by atoms with Crippen LogP contribution in [0.5, 0.6) is 0 Å². The van der Waals surface area contributed by atoms with E-state index in [2.05, 4.69) is 5.32 Å². The number of hydrogen-bond acceptors (Lipinski definition) is 3. The molecule has 1 aliphatic carbocycles. The van der Waals surface area contributed by atoms with Gasteiger partial charge in [-0.1, -0.05) is 12.8 Å². The zero-order chi connectivity index (χ0) is 12.1. The number of hydrogen-bond donors (Lipinski definition) is 3. The lowest BCUT2D eigenvalue weighted by Crippen LogP contribution is -2.52. The Kier molecular flexibility index (Phi) is 4.28. The first-order valence-corrected chi connectivity index (χ1v) is 5.38. The molecule has 0 heterocycles. The summed E-state index contributed by atoms with van der Waals surface area (Å²) in [5.41, 5.74) is 9.88. The molecule has 0 aromatic heterocycles. The summed E-state index contributed by atoms with van der Waals surface area (Å²) in [4.78, 5) is 33.1. The number of rotatable bonds is 5. The molecule has 5 N–H and O–H groups in total. The van der Waals surface area contributed by atoms with Crippen molar-refractivity contribution in [3.05, 3.63) is 0 Å². The van der Waals surface area contributed by atoms with Gasteiger partial charge < -0.3 is 16.8 Å². The highest BCUT2D eigenvalue weighted by atomic mass is 16.2. The molecular weight excluding hydrogens is 210 g/mol. The topological polar surface area (TPSA) is 115 Å². The zero-order valence-corrected chi connectivity index (χ0v) is 9.07. The van der Waals surface area contributed by atoms with Gasteiger partial charge in [0.05, 0.1) is 0 Å². The fraction of sp³-hybridized carbons (Fsp3) is 0.700. The van der Waals surface area contributed by atoms with Crippen molar-refractivity contribution in [3.8, 4) is 0 Å². The summed E-state index contributed by atoms with van der Waals surface area (Å²) in [6.45, 7) is 0. The highest BCUT2D eigenvalue weighted by Gasteiger charge is 2.25. The number of nitrogens with two attached hydrogens (primary N) is 2. The quantitative estimate of drug-likeness (QED) is 0.524. The van der Waals surface area contributed by atoms with E-state index in [1.54, 1.807) is 0 Å². The minimum atomic E-state index is -1.39. The highest BCUT2D eigenvalue weighted by Crippen LogP contribution is 2.27. The van der Waals surface area contributed by atoms with Crippen LogP contribution in [0.4, 0.5) is 0 Å². The van der Waals surface area contributed by atoms with E-state index in [1.165, 1.54) is 0 Å². The van der Waals surface area contributed by atoms with Gasteiger partial charge in [0.2, 0.25) is 17.7 Å². The van der Waals surface area contributed by atoms with E-state index in [0.717, 1.165) is 25.7 Å². The van der Waals surface area contributed by atoms with Gasteiger partial charge in [0.15, 0.2) is 6.04 Å². The van der Waals surface area contributed by atoms with Crippen LogP contribution >= 0.6 is 0 Å². The van der Waals surface area contributed by atoms with Crippen LogP contribution in [0.25, 0.3) is 0 Å². The van der Waals surface area contributed by atoms with Crippen molar-refractivity contribution in [3.63, 3.8) is 0 Å². The molecule has 6 heteroatoms. The van der Waals surface area contributed by atoms with Crippen molar-refractivity contribution in [1.82, 2.24) is 5.32 Å². The number of primary amides is 2. The number of nitrogens with one attached hydrogen (secondary N) is 1. The Morgan fingerprint density at radius 1 is 1.12 bits per heavy atom. The van der Waals surface area contributed by atoms with Crippen molar-refractivity contribution in [2.75, 3.05) is 0 Å². The average molecular weight is 227 g/mol. The largest absolute Gasteiger partial charge is 0.367 e. The van der Waals surface area contributed by atoms with Crippen molar-refractivity contribution in [1.29, 1.82) is 0 Å². The molecule has 0 aromatic rings. The molecule has 0 unspecified atom stereocenters. The van der Waals surface area contributed by atoms with Crippen LogP contribution in [0.2, 0.25) is 0 Å². The number of carbonyl (C=O) groups is 3. The molecular formula is C10H17N3O3. The zero-order valence-electron chi connectivity index (χ0n) is 9.07. The van der Waals surface area contributed by atoms with E-state index in [0.29, 0.717) is 12.3 Å². The van der Waals surface area contributed by atoms with Crippen LogP contribution in [0.1, 0.15) is 32.1 Å². The van der Waals surface area contributed by atoms with Crippen LogP contribution in [0.15, 0.2) is 0 Å². The molecule has 0 radical (unpaired) electrons. The Morgan fingerprint density at radius 2 is 1.62 bits per heavy atom. The van der Waals surface area contributed by atoms with Gasteiger partial charge in [-0.2, -0.15) is 0 Å². The Bertz CT molecular complexity index is 284. The molecule has 0 aromatic carbocycles. The van der Waals surface area contributed by atoms with Gasteiger partial charge in [0.25, 0.3) is 0 Å². The maximum atomic E-state index is 11.5. The smallest absolute Gasteiger partial charge is 0.249 e. The van der Waals surface area contributed by atoms with Gasteiger partial charge in [-0.05, 0) is 18.8 Å². The standard InChI is InChI=1S/C10H17N3O3/c11-9(15)8(10(12)16)13-7(14)5-6-3-1-2-4-6/h6,8H,1-5H2,(H2,11,15)(H2,12,16)(H,13,14). The first kappa shape index (κ1) is 12.5. The summed E-state index contributed by atoms with van der Waals surface area (Å²) in [5.74, 6) is -1.84. The van der Waals surface area contributed by atoms with E-state index in [9.17, 15) is 14.4 Å². The fourth-order valence-corrected chi connectivity index (χ4v) is 1.98. The van der Waals surface area contributed by atoms with Gasteiger partial charge in [0.1, 0.15) is 0 Å². The number of amides is 3. The third-order valence-electron chi connectivity index (χ3n) is 2.82. The van der Waals surface area contributed by atoms with Crippen molar-refractivity contribution in [2.45, 2.75) is 38.1 Å². The van der Waals surface area contributed by atoms with Gasteiger partial charge in [-0.3, -0.25) is 14.4 Å². The molecule has 0 saturated heterocycles. The third-order valence-corrected chi connectivity index (χ3v) is 2.82. The molecule has 16 heavy (non-hydrogen) atoms. The molecule has 1 saturated carbocycles. The minimum Gasteiger partial charge on any atom is -0.367 e. The molecule has 1 fully saturated rings. The maximum Gasteiger partial charge on any atom is 0.249 e. The Hall–Kier alpha value is -1.59. The van der Waals surface area contributed by atoms with E-state index in [1.807, 2.05) is 0 Å². The lowest BCUT2D eigenvalue weighted by Gasteiger charge is -2.13. The van der Waals surface area contributed by atoms with Gasteiger partial charge in [-0.15, -0.1) is 0 Å². The summed E-state index contributed by atoms with van der Waals surface area (Å²) in [6.07, 6.45) is 4.63. The minimum absolute atomic E-state index is 0.330. The second-order valence-corrected chi connectivity index (χ2v) is 4.16. The molecule has 6 nitrogen and oxygen atoms in total. The highest BCUT2D eigenvalue weighted by molar-refractivity contribution is 6.05. The van der Waals surface area contributed by atoms with Crippen LogP contribution in [0.3, 0.4) is 0 Å². The normalized spacial score (nSPS) is 16.3. The second-order valence-electron chi connectivity index (χ2n) is 4.16. The molecule has 1 aliphatic rings. The summed E-state index contributed by atoms with van der Waals surface area (Å²) in [6, 6.07) is -1.39. The lowest BCUT2D eigenvalue weighted by molar-refractivity contribution is -0.134. The van der Waals surface area contributed by atoms with Crippen molar-refractivity contribution >= 4 is 17.7 Å². The average Bonchev–Trinajstić information content (AvgIpc) is 2.65. The predicted octanol–water partition coefficient (Wildman–Crippen LogP) is -0.978. The van der Waals surface area contributed by atoms with Crippen LogP contribution in [-0.4, -0.2) is 23.8 Å².